The minimum Gasteiger partial charge on any atom is -0.456 e. The van der Waals surface area contributed by atoms with E-state index in [4.69, 9.17) is 24.4 Å². The van der Waals surface area contributed by atoms with Gasteiger partial charge in [-0.25, -0.2) is 19.9 Å². The van der Waals surface area contributed by atoms with Gasteiger partial charge in [0.1, 0.15) is 17.0 Å². The second-order valence-electron chi connectivity index (χ2n) is 29.5. The molecule has 0 amide bonds. The first-order valence-corrected chi connectivity index (χ1v) is 38.8. The summed E-state index contributed by atoms with van der Waals surface area (Å²) < 4.78 is 11.3. The summed E-state index contributed by atoms with van der Waals surface area (Å²) in [6, 6.07) is 132. The fourth-order valence-electron chi connectivity index (χ4n) is 19.3. The molecule has 113 heavy (non-hydrogen) atoms. The van der Waals surface area contributed by atoms with Crippen molar-refractivity contribution in [3.8, 4) is 130 Å². The van der Waals surface area contributed by atoms with E-state index in [1.807, 2.05) is 102 Å². The minimum absolute atomic E-state index is 0.525. The van der Waals surface area contributed by atoms with E-state index in [2.05, 4.69) is 284 Å². The molecule has 0 radical (unpaired) electrons. The number of nitriles is 2. The quantitative estimate of drug-likeness (QED) is 0.156. The van der Waals surface area contributed by atoms with Crippen LogP contribution < -0.4 is 0 Å². The third kappa shape index (κ3) is 9.23. The lowest BCUT2D eigenvalue weighted by atomic mass is 9.70. The van der Waals surface area contributed by atoms with Crippen LogP contribution in [0.3, 0.4) is 0 Å². The van der Waals surface area contributed by atoms with Crippen LogP contribution in [0.1, 0.15) is 55.6 Å². The van der Waals surface area contributed by atoms with Crippen LogP contribution in [0.25, 0.3) is 171 Å². The Labute approximate surface area is 654 Å². The molecule has 0 fully saturated rings. The average molecular weight is 1450 g/mol. The summed E-state index contributed by atoms with van der Waals surface area (Å²) in [7, 11) is 0. The van der Waals surface area contributed by atoms with E-state index in [1.54, 1.807) is 0 Å². The molecule has 4 aliphatic rings. The van der Waals surface area contributed by atoms with Gasteiger partial charge >= 0.3 is 0 Å². The molecule has 2 spiro atoms. The molecule has 4 aromatic heterocycles. The van der Waals surface area contributed by atoms with Crippen LogP contribution in [0, 0.1) is 22.7 Å². The molecular weight excluding hydrogens is 1400 g/mol. The molecule has 4 heterocycles. The zero-order valence-corrected chi connectivity index (χ0v) is 61.3. The van der Waals surface area contributed by atoms with Gasteiger partial charge in [-0.2, -0.15) is 10.5 Å². The Balaban J connectivity index is 0.000000135. The number of fused-ring (bicyclic) bond motifs is 29. The Morgan fingerprint density at radius 2 is 0.752 bits per heavy atom. The number of imidazole rings is 1. The zero-order valence-electron chi connectivity index (χ0n) is 60.5. The summed E-state index contributed by atoms with van der Waals surface area (Å²) in [6.45, 7) is 0. The Bertz CT molecular complexity index is 7410. The molecule has 16 aromatic carbocycles. The Kier molecular flexibility index (Phi) is 14.0. The predicted molar refractivity (Wildman–Crippen MR) is 456 cm³/mol. The van der Waals surface area contributed by atoms with Crippen molar-refractivity contribution < 1.29 is 4.42 Å². The zero-order chi connectivity index (χ0) is 74.6. The lowest BCUT2D eigenvalue weighted by Gasteiger charge is -2.30. The lowest BCUT2D eigenvalue weighted by Crippen LogP contribution is -2.25. The van der Waals surface area contributed by atoms with E-state index < -0.39 is 10.8 Å². The summed E-state index contributed by atoms with van der Waals surface area (Å²) in [5.41, 5.74) is 33.3. The van der Waals surface area contributed by atoms with Gasteiger partial charge in [0.2, 0.25) is 0 Å². The van der Waals surface area contributed by atoms with Gasteiger partial charge < -0.3 is 4.42 Å². The van der Waals surface area contributed by atoms with Crippen LogP contribution in [0.4, 0.5) is 0 Å². The largest absolute Gasteiger partial charge is 0.456 e. The third-order valence-corrected chi connectivity index (χ3v) is 25.0. The number of hydrogen-bond acceptors (Lipinski definition) is 8. The molecule has 4 aliphatic carbocycles. The maximum Gasteiger partial charge on any atom is 0.164 e. The van der Waals surface area contributed by atoms with E-state index in [9.17, 15) is 10.5 Å². The number of aromatic nitrogens is 5. The fraction of sp³-hybridized carbons (Fsp3) is 0.0192. The molecule has 0 bridgehead atoms. The predicted octanol–water partition coefficient (Wildman–Crippen LogP) is 25.6. The van der Waals surface area contributed by atoms with Gasteiger partial charge in [0.15, 0.2) is 17.5 Å². The third-order valence-electron chi connectivity index (χ3n) is 23.9. The highest BCUT2D eigenvalue weighted by Crippen LogP contribution is 2.67. The van der Waals surface area contributed by atoms with Crippen molar-refractivity contribution in [3.05, 3.63) is 414 Å². The molecule has 9 heteroatoms. The van der Waals surface area contributed by atoms with Crippen molar-refractivity contribution in [3.63, 3.8) is 0 Å². The normalized spacial score (nSPS) is 13.9. The van der Waals surface area contributed by atoms with Gasteiger partial charge in [-0.1, -0.05) is 279 Å². The topological polar surface area (TPSA) is 117 Å². The Morgan fingerprint density at radius 3 is 1.40 bits per heavy atom. The Morgan fingerprint density at radius 1 is 0.292 bits per heavy atom. The van der Waals surface area contributed by atoms with Crippen LogP contribution in [-0.4, -0.2) is 24.5 Å². The summed E-state index contributed by atoms with van der Waals surface area (Å²) in [5, 5.41) is 24.3. The highest BCUT2D eigenvalue weighted by Gasteiger charge is 2.54. The number of benzene rings is 16. The number of nitrogens with zero attached hydrogens (tertiary/aromatic N) is 7. The maximum absolute atomic E-state index is 10.3. The van der Waals surface area contributed by atoms with Crippen molar-refractivity contribution in [2.24, 2.45) is 0 Å². The number of furan rings is 1. The Hall–Kier alpha value is -15.0. The van der Waals surface area contributed by atoms with Crippen LogP contribution in [0.5, 0.6) is 0 Å². The highest BCUT2D eigenvalue weighted by atomic mass is 32.1. The monoisotopic (exact) mass is 1450 g/mol. The van der Waals surface area contributed by atoms with E-state index in [-0.39, 0.29) is 0 Å². The van der Waals surface area contributed by atoms with Crippen molar-refractivity contribution in [1.29, 1.82) is 10.5 Å². The minimum atomic E-state index is -0.570. The number of para-hydroxylation sites is 3. The van der Waals surface area contributed by atoms with Crippen LogP contribution in [0.2, 0.25) is 0 Å². The maximum atomic E-state index is 10.3. The van der Waals surface area contributed by atoms with Crippen molar-refractivity contribution in [2.75, 3.05) is 0 Å². The summed E-state index contributed by atoms with van der Waals surface area (Å²) in [6.07, 6.45) is 0. The van der Waals surface area contributed by atoms with Crippen molar-refractivity contribution in [2.45, 2.75) is 10.8 Å². The summed E-state index contributed by atoms with van der Waals surface area (Å²) in [5.74, 6) is 2.82. The number of thiophene rings is 1. The first-order valence-electron chi connectivity index (χ1n) is 38.0. The SMILES string of the molecule is N#Cc1ccc(-c2cccc3sc4ccc5c(c4c23)-c2ccccc2C52c3ccccc3-c3ccc(-c4nc5ccccc5n4-c4ccccc4)cc32)cc1.N#Cc1cccc2oc3ccc4c(c3c12)-c1ccc(-c2ccc(-c3nc(-c5ccccc5)nc(-c5ccccc5)n3)cc2)cc1C41c2ccccc2-c2ccccc21. The van der Waals surface area contributed by atoms with Crippen LogP contribution in [-0.2, 0) is 10.8 Å². The number of rotatable bonds is 7. The van der Waals surface area contributed by atoms with E-state index in [1.165, 1.54) is 104 Å². The molecule has 20 aromatic rings. The fourth-order valence-corrected chi connectivity index (χ4v) is 20.4. The van der Waals surface area contributed by atoms with Crippen LogP contribution in [0.15, 0.2) is 362 Å². The van der Waals surface area contributed by atoms with Crippen molar-refractivity contribution >= 4 is 64.5 Å². The smallest absolute Gasteiger partial charge is 0.164 e. The van der Waals surface area contributed by atoms with Gasteiger partial charge in [0.05, 0.1) is 45.1 Å². The molecule has 0 saturated heterocycles. The molecule has 1 unspecified atom stereocenters. The van der Waals surface area contributed by atoms with Gasteiger partial charge in [-0.05, 0) is 190 Å². The van der Waals surface area contributed by atoms with E-state index in [0.717, 1.165) is 94.6 Å². The average Bonchev–Trinajstić information content (AvgIpc) is 1.50. The van der Waals surface area contributed by atoms with Gasteiger partial charge in [0, 0.05) is 58.9 Å². The lowest BCUT2D eigenvalue weighted by molar-refractivity contribution is 0.668. The molecule has 24 rings (SSSR count). The summed E-state index contributed by atoms with van der Waals surface area (Å²) >= 11 is 1.86. The molecule has 0 N–H and O–H groups in total. The van der Waals surface area contributed by atoms with E-state index in [0.29, 0.717) is 28.6 Å². The first-order chi connectivity index (χ1) is 55.9. The molecule has 0 aliphatic heterocycles. The van der Waals surface area contributed by atoms with Gasteiger partial charge in [-0.3, -0.25) is 4.57 Å². The first kappa shape index (κ1) is 64.0. The second kappa shape index (κ2) is 24.8. The van der Waals surface area contributed by atoms with Gasteiger partial charge in [-0.15, -0.1) is 11.3 Å². The molecule has 1 atom stereocenters. The number of hydrogen-bond donors (Lipinski definition) is 0. The van der Waals surface area contributed by atoms with Gasteiger partial charge in [0.25, 0.3) is 0 Å². The van der Waals surface area contributed by atoms with E-state index >= 15 is 0 Å². The molecule has 522 valence electrons. The molecular formula is C104H59N7OS. The van der Waals surface area contributed by atoms with Crippen LogP contribution >= 0.6 is 11.3 Å². The molecule has 0 saturated carbocycles. The molecule has 8 nitrogen and oxygen atoms in total. The highest BCUT2D eigenvalue weighted by molar-refractivity contribution is 7.26. The van der Waals surface area contributed by atoms with Crippen molar-refractivity contribution in [1.82, 2.24) is 24.5 Å². The summed E-state index contributed by atoms with van der Waals surface area (Å²) in [4.78, 5) is 20.1. The standard InChI is InChI=1S/C53H30N4O.C51H29N3S/c54-31-37-16-11-21-45-47(37)49-46(58-45)29-28-43-48(49)40-27-26-36(30-44(40)53(43)41-19-9-7-17-38(41)39-18-8-10-20-42(39)53)32-22-24-35(25-23-32)52-56-50(33-12-3-1-4-13-33)55-51(57-52)34-14-5-2-6-15-34;52-30-31-21-23-32(24-22-31)35-15-10-20-45-48(35)49-46(55-45)28-27-41-47(49)38-14-5-7-17-40(38)51(41)39-16-6-4-13-36(39)37-26-25-33(29-42(37)51)50-53-43-18-8-9-19-44(43)54(50)34-11-2-1-3-12-34/h1-30H;1-29H. The second-order valence-corrected chi connectivity index (χ2v) is 30.6.